The molecule has 0 fully saturated rings. The Morgan fingerprint density at radius 2 is 1.91 bits per heavy atom. The smallest absolute Gasteiger partial charge is 0.319 e. The fraction of sp³-hybridized carbons (Fsp3) is 0.333. The van der Waals surface area contributed by atoms with Crippen molar-refractivity contribution in [2.75, 3.05) is 11.9 Å². The molecule has 2 amide bonds. The molecule has 0 spiro atoms. The molecule has 0 aliphatic carbocycles. The van der Waals surface area contributed by atoms with Crippen LogP contribution in [0, 0.1) is 5.82 Å². The molecule has 0 atom stereocenters. The lowest BCUT2D eigenvalue weighted by molar-refractivity contribution is 0.251. The number of rotatable bonds is 7. The fourth-order valence-electron chi connectivity index (χ4n) is 3.12. The zero-order valence-corrected chi connectivity index (χ0v) is 19.6. The van der Waals surface area contributed by atoms with Crippen molar-refractivity contribution in [2.45, 2.75) is 46.2 Å². The molecule has 170 valence electrons. The third kappa shape index (κ3) is 6.08. The monoisotopic (exact) mass is 457 g/mol. The largest absolute Gasteiger partial charge is 0.332 e. The van der Waals surface area contributed by atoms with E-state index < -0.39 is 6.03 Å². The Hall–Kier alpha value is -2.90. The second kappa shape index (κ2) is 10.1. The number of halogens is 2. The van der Waals surface area contributed by atoms with Crippen molar-refractivity contribution in [3.63, 3.8) is 0 Å². The van der Waals surface area contributed by atoms with Crippen molar-refractivity contribution in [2.24, 2.45) is 0 Å². The third-order valence-corrected chi connectivity index (χ3v) is 5.15. The van der Waals surface area contributed by atoms with Gasteiger partial charge in [-0.3, -0.25) is 0 Å². The Kier molecular flexibility index (Phi) is 7.53. The number of amides is 2. The maximum absolute atomic E-state index is 14.2. The van der Waals surface area contributed by atoms with Crippen LogP contribution in [0.4, 0.5) is 14.9 Å². The van der Waals surface area contributed by atoms with Gasteiger partial charge in [0.25, 0.3) is 0 Å². The summed E-state index contributed by atoms with van der Waals surface area (Å²) < 4.78 is 16.0. The number of aromatic nitrogens is 2. The minimum absolute atomic E-state index is 0.160. The van der Waals surface area contributed by atoms with Gasteiger partial charge >= 0.3 is 6.03 Å². The van der Waals surface area contributed by atoms with E-state index in [0.29, 0.717) is 22.8 Å². The van der Waals surface area contributed by atoms with Gasteiger partial charge in [-0.05, 0) is 42.9 Å². The highest BCUT2D eigenvalue weighted by molar-refractivity contribution is 6.30. The SMILES string of the molecule is CCNCc1ccc(NC(=O)NCc2cc(C(C)(C)C)nn2-c2cccc(Cl)c2)cc1F. The maximum atomic E-state index is 14.2. The van der Waals surface area contributed by atoms with Gasteiger partial charge in [0.15, 0.2) is 0 Å². The van der Waals surface area contributed by atoms with Crippen LogP contribution in [0.2, 0.25) is 5.02 Å². The molecule has 0 unspecified atom stereocenters. The molecule has 3 N–H and O–H groups in total. The molecule has 8 heteroatoms. The average molecular weight is 458 g/mol. The Balaban J connectivity index is 1.72. The van der Waals surface area contributed by atoms with Crippen LogP contribution in [0.3, 0.4) is 0 Å². The highest BCUT2D eigenvalue weighted by Gasteiger charge is 2.21. The Labute approximate surface area is 193 Å². The van der Waals surface area contributed by atoms with Crippen molar-refractivity contribution in [1.82, 2.24) is 20.4 Å². The summed E-state index contributed by atoms with van der Waals surface area (Å²) in [5, 5.41) is 13.9. The molecule has 0 aliphatic heterocycles. The molecule has 6 nitrogen and oxygen atoms in total. The van der Waals surface area contributed by atoms with E-state index in [-0.39, 0.29) is 17.8 Å². The van der Waals surface area contributed by atoms with E-state index in [9.17, 15) is 9.18 Å². The fourth-order valence-corrected chi connectivity index (χ4v) is 3.30. The van der Waals surface area contributed by atoms with Gasteiger partial charge in [-0.2, -0.15) is 5.10 Å². The van der Waals surface area contributed by atoms with Crippen molar-refractivity contribution < 1.29 is 9.18 Å². The Morgan fingerprint density at radius 1 is 1.12 bits per heavy atom. The van der Waals surface area contributed by atoms with Crippen molar-refractivity contribution in [1.29, 1.82) is 0 Å². The first-order valence-electron chi connectivity index (χ1n) is 10.6. The van der Waals surface area contributed by atoms with Crippen molar-refractivity contribution in [3.8, 4) is 5.69 Å². The van der Waals surface area contributed by atoms with E-state index in [0.717, 1.165) is 23.6 Å². The molecule has 1 aromatic heterocycles. The summed E-state index contributed by atoms with van der Waals surface area (Å²) >= 11 is 6.16. The minimum Gasteiger partial charge on any atom is -0.332 e. The van der Waals surface area contributed by atoms with E-state index in [2.05, 4.69) is 36.7 Å². The van der Waals surface area contributed by atoms with Gasteiger partial charge in [0.05, 0.1) is 23.6 Å². The van der Waals surface area contributed by atoms with E-state index in [1.165, 1.54) is 6.07 Å². The number of carbonyl (C=O) groups is 1. The molecule has 0 radical (unpaired) electrons. The molecule has 32 heavy (non-hydrogen) atoms. The summed E-state index contributed by atoms with van der Waals surface area (Å²) in [7, 11) is 0. The van der Waals surface area contributed by atoms with Gasteiger partial charge in [-0.1, -0.05) is 51.4 Å². The van der Waals surface area contributed by atoms with E-state index >= 15 is 0 Å². The second-order valence-corrected chi connectivity index (χ2v) is 8.99. The first-order valence-corrected chi connectivity index (χ1v) is 10.9. The quantitative estimate of drug-likeness (QED) is 0.445. The van der Waals surface area contributed by atoms with E-state index in [1.54, 1.807) is 22.9 Å². The normalized spacial score (nSPS) is 11.4. The first kappa shape index (κ1) is 23.8. The molecule has 0 bridgehead atoms. The maximum Gasteiger partial charge on any atom is 0.319 e. The number of anilines is 1. The molecule has 0 saturated carbocycles. The Bertz CT molecular complexity index is 1090. The van der Waals surface area contributed by atoms with Crippen LogP contribution in [0.25, 0.3) is 5.69 Å². The van der Waals surface area contributed by atoms with Crippen LogP contribution in [0.15, 0.2) is 48.5 Å². The average Bonchev–Trinajstić information content (AvgIpc) is 3.17. The summed E-state index contributed by atoms with van der Waals surface area (Å²) in [4.78, 5) is 12.5. The van der Waals surface area contributed by atoms with Gasteiger partial charge in [0, 0.05) is 28.2 Å². The lowest BCUT2D eigenvalue weighted by Crippen LogP contribution is -2.29. The second-order valence-electron chi connectivity index (χ2n) is 8.56. The first-order chi connectivity index (χ1) is 15.2. The van der Waals surface area contributed by atoms with Crippen molar-refractivity contribution in [3.05, 3.63) is 76.3 Å². The molecule has 2 aromatic carbocycles. The molecule has 3 rings (SSSR count). The lowest BCUT2D eigenvalue weighted by atomic mass is 9.92. The van der Waals surface area contributed by atoms with Crippen LogP contribution in [0.5, 0.6) is 0 Å². The zero-order chi connectivity index (χ0) is 23.3. The highest BCUT2D eigenvalue weighted by Crippen LogP contribution is 2.24. The number of nitrogens with zero attached hydrogens (tertiary/aromatic N) is 2. The number of hydrogen-bond acceptors (Lipinski definition) is 3. The molecule has 1 heterocycles. The van der Waals surface area contributed by atoms with Gasteiger partial charge in [0.2, 0.25) is 0 Å². The highest BCUT2D eigenvalue weighted by atomic mass is 35.5. The van der Waals surface area contributed by atoms with Gasteiger partial charge in [0.1, 0.15) is 5.82 Å². The zero-order valence-electron chi connectivity index (χ0n) is 18.8. The lowest BCUT2D eigenvalue weighted by Gasteiger charge is -2.14. The van der Waals surface area contributed by atoms with Crippen LogP contribution < -0.4 is 16.0 Å². The summed E-state index contributed by atoms with van der Waals surface area (Å²) in [6, 6.07) is 13.6. The topological polar surface area (TPSA) is 71.0 Å². The summed E-state index contributed by atoms with van der Waals surface area (Å²) in [6.07, 6.45) is 0. The third-order valence-electron chi connectivity index (χ3n) is 4.91. The number of urea groups is 1. The van der Waals surface area contributed by atoms with Gasteiger partial charge in [-0.25, -0.2) is 13.9 Å². The van der Waals surface area contributed by atoms with Crippen molar-refractivity contribution >= 4 is 23.3 Å². The summed E-state index contributed by atoms with van der Waals surface area (Å²) in [5.41, 5.74) is 3.29. The predicted octanol–water partition coefficient (Wildman–Crippen LogP) is 5.39. The summed E-state index contributed by atoms with van der Waals surface area (Å²) in [6.45, 7) is 9.63. The predicted molar refractivity (Wildman–Crippen MR) is 127 cm³/mol. The molecular weight excluding hydrogens is 429 g/mol. The van der Waals surface area contributed by atoms with Crippen LogP contribution in [-0.4, -0.2) is 22.4 Å². The van der Waals surface area contributed by atoms with Crippen LogP contribution in [-0.2, 0) is 18.5 Å². The molecule has 3 aromatic rings. The Morgan fingerprint density at radius 3 is 2.56 bits per heavy atom. The van der Waals surface area contributed by atoms with Gasteiger partial charge < -0.3 is 16.0 Å². The standard InChI is InChI=1S/C24H29ClFN5O/c1-5-27-14-16-9-10-18(12-21(16)26)29-23(32)28-15-20-13-22(24(2,3)4)30-31(20)19-8-6-7-17(25)11-19/h6-13,27H,5,14-15H2,1-4H3,(H2,28,29,32). The van der Waals surface area contributed by atoms with E-state index in [1.807, 2.05) is 31.2 Å². The minimum atomic E-state index is -0.431. The number of nitrogens with one attached hydrogen (secondary N) is 3. The number of carbonyl (C=O) groups excluding carboxylic acids is 1. The van der Waals surface area contributed by atoms with Gasteiger partial charge in [-0.15, -0.1) is 0 Å². The van der Waals surface area contributed by atoms with E-state index in [4.69, 9.17) is 16.7 Å². The number of benzene rings is 2. The van der Waals surface area contributed by atoms with Crippen LogP contribution in [0.1, 0.15) is 44.6 Å². The number of hydrogen-bond donors (Lipinski definition) is 3. The molecule has 0 aliphatic rings. The molecule has 0 saturated heterocycles. The summed E-state index contributed by atoms with van der Waals surface area (Å²) in [5.74, 6) is -0.363. The molecular formula is C24H29ClFN5O. The van der Waals surface area contributed by atoms with Crippen LogP contribution >= 0.6 is 11.6 Å².